The predicted molar refractivity (Wildman–Crippen MR) is 449 cm³/mol. The van der Waals surface area contributed by atoms with Crippen LogP contribution in [0.1, 0.15) is 66.8 Å². The Morgan fingerprint density at radius 2 is 0.587 bits per heavy atom. The highest BCUT2D eigenvalue weighted by atomic mass is 15.2. The lowest BCUT2D eigenvalue weighted by Gasteiger charge is -2.47. The van der Waals surface area contributed by atoms with Crippen molar-refractivity contribution in [2.45, 2.75) is 16.2 Å². The van der Waals surface area contributed by atoms with Crippen LogP contribution in [0.25, 0.3) is 105 Å². The molecule has 109 heavy (non-hydrogen) atoms. The Kier molecular flexibility index (Phi) is 11.2. The summed E-state index contributed by atoms with van der Waals surface area (Å²) in [5, 5.41) is 2.44. The zero-order chi connectivity index (χ0) is 70.7. The summed E-state index contributed by atoms with van der Waals surface area (Å²) >= 11 is 0. The van der Waals surface area contributed by atoms with E-state index in [1.807, 2.05) is 0 Å². The van der Waals surface area contributed by atoms with Crippen molar-refractivity contribution in [2.24, 2.45) is 0 Å². The zero-order valence-electron chi connectivity index (χ0n) is 59.2. The minimum absolute atomic E-state index is 0.302. The number of aromatic nitrogens is 1. The van der Waals surface area contributed by atoms with Crippen molar-refractivity contribution in [1.29, 1.82) is 0 Å². The lowest BCUT2D eigenvalue weighted by Crippen LogP contribution is -2.62. The minimum Gasteiger partial charge on any atom is -0.311 e. The Morgan fingerprint density at radius 3 is 1.07 bits per heavy atom. The van der Waals surface area contributed by atoms with Crippen LogP contribution in [0.3, 0.4) is 0 Å². The fourth-order valence-corrected chi connectivity index (χ4v) is 22.8. The first-order valence-electron chi connectivity index (χ1n) is 38.4. The molecule has 0 amide bonds. The zero-order valence-corrected chi connectivity index (χ0v) is 59.2. The van der Waals surface area contributed by atoms with Gasteiger partial charge in [-0.1, -0.05) is 328 Å². The summed E-state index contributed by atoms with van der Waals surface area (Å²) in [6, 6.07) is 146. The van der Waals surface area contributed by atoms with Crippen molar-refractivity contribution in [1.82, 2.24) is 4.57 Å². The maximum Gasteiger partial charge on any atom is 0.252 e. The van der Waals surface area contributed by atoms with E-state index in [0.29, 0.717) is 0 Å². The highest BCUT2D eigenvalue weighted by Gasteiger charge is 2.60. The Labute approximate surface area is 631 Å². The van der Waals surface area contributed by atoms with Gasteiger partial charge in [-0.2, -0.15) is 0 Å². The smallest absolute Gasteiger partial charge is 0.252 e. The topological polar surface area (TPSA) is 11.4 Å². The first-order valence-corrected chi connectivity index (χ1v) is 38.4. The van der Waals surface area contributed by atoms with Crippen LogP contribution in [0.15, 0.2) is 376 Å². The van der Waals surface area contributed by atoms with Crippen LogP contribution in [0.4, 0.5) is 34.1 Å². The van der Waals surface area contributed by atoms with E-state index in [1.165, 1.54) is 183 Å². The summed E-state index contributed by atoms with van der Waals surface area (Å²) in [4.78, 5) is 5.58. The fraction of sp³-hybridized carbons (Fsp3) is 0.0286. The third-order valence-electron chi connectivity index (χ3n) is 26.6. The van der Waals surface area contributed by atoms with Crippen molar-refractivity contribution in [3.63, 3.8) is 0 Å². The lowest BCUT2D eigenvalue weighted by atomic mass is 9.33. The number of hydrogen-bond donors (Lipinski definition) is 0. The van der Waals surface area contributed by atoms with Crippen LogP contribution < -0.4 is 26.2 Å². The molecule has 0 unspecified atom stereocenters. The average Bonchev–Trinajstić information content (AvgIpc) is 1.50. The summed E-state index contributed by atoms with van der Waals surface area (Å²) in [6.45, 7) is -0.302. The molecule has 500 valence electrons. The van der Waals surface area contributed by atoms with Crippen molar-refractivity contribution in [3.05, 3.63) is 443 Å². The van der Waals surface area contributed by atoms with E-state index < -0.39 is 16.2 Å². The van der Waals surface area contributed by atoms with E-state index >= 15 is 0 Å². The van der Waals surface area contributed by atoms with Gasteiger partial charge < -0.3 is 14.4 Å². The SMILES string of the molecule is c1ccc(-c2ccc(N3c4cc5c(cc4B4c6ccc7c(c6N(c6cccc8c6C6(c9ccccc9-c9ccccc96)c6ccccc6-8)c6cc(-n8c9ccccc9c9ccccc98)cc3c64)C3(c4ccccc4-c4ccccc43)c3ccccc3-7)-c3ccccc3C53c4ccccc4-c4ccccc43)cc2)cc1. The van der Waals surface area contributed by atoms with Crippen LogP contribution in [0.5, 0.6) is 0 Å². The summed E-state index contributed by atoms with van der Waals surface area (Å²) in [5.74, 6) is 0. The lowest BCUT2D eigenvalue weighted by molar-refractivity contribution is 0.786. The van der Waals surface area contributed by atoms with E-state index in [-0.39, 0.29) is 6.71 Å². The first kappa shape index (κ1) is 58.5. The number of fused-ring (bicyclic) bond motifs is 38. The van der Waals surface area contributed by atoms with Gasteiger partial charge >= 0.3 is 0 Å². The second-order valence-corrected chi connectivity index (χ2v) is 31.0. The first-order chi connectivity index (χ1) is 54.1. The largest absolute Gasteiger partial charge is 0.311 e. The molecule has 3 nitrogen and oxygen atoms in total. The van der Waals surface area contributed by atoms with Crippen LogP contribution in [-0.4, -0.2) is 11.3 Å². The molecule has 0 atom stereocenters. The second kappa shape index (κ2) is 20.8. The van der Waals surface area contributed by atoms with Crippen LogP contribution in [-0.2, 0) is 16.2 Å². The minimum atomic E-state index is -0.755. The van der Waals surface area contributed by atoms with Gasteiger partial charge in [0, 0.05) is 50.3 Å². The fourth-order valence-electron chi connectivity index (χ4n) is 22.8. The Balaban J connectivity index is 0.873. The third kappa shape index (κ3) is 6.92. The van der Waals surface area contributed by atoms with Gasteiger partial charge in [0.05, 0.1) is 38.7 Å². The molecule has 0 fully saturated rings. The molecule has 17 aromatic carbocycles. The van der Waals surface area contributed by atoms with Crippen molar-refractivity contribution in [2.75, 3.05) is 9.80 Å². The summed E-state index contributed by atoms with van der Waals surface area (Å²) in [7, 11) is 0. The number of hydrogen-bond acceptors (Lipinski definition) is 2. The van der Waals surface area contributed by atoms with Gasteiger partial charge in [0.25, 0.3) is 6.71 Å². The van der Waals surface area contributed by atoms with Crippen molar-refractivity contribution in [3.8, 4) is 83.6 Å². The summed E-state index contributed by atoms with van der Waals surface area (Å²) in [5.41, 5.74) is 45.5. The van der Waals surface area contributed by atoms with Crippen LogP contribution in [0, 0.1) is 0 Å². The van der Waals surface area contributed by atoms with Gasteiger partial charge in [0.2, 0.25) is 0 Å². The maximum absolute atomic E-state index is 2.87. The van der Waals surface area contributed by atoms with E-state index in [0.717, 1.165) is 39.5 Å². The standard InChI is InChI=1S/C105H62BN3/c1-2-27-63(28-3-1)64-53-55-65(56-54-64)107-96-62-90-80(75-37-12-17-43-83(75)103(90)81-41-15-4-29-67(81)68-30-5-16-42-82(68)103)61-92(96)106-91-58-57-79-74-36-11-23-49-89(74)105(86-46-20-8-33-71(86)72-34-9-21-47-87(72)105)100(79)102(91)109(98-60-66(59-97(107)101(98)106)108-93-50-24-13-38-76(93)77-39-14-25-51-94(77)108)95-52-26-40-78-73-35-10-22-48-88(73)104(99(78)95)84-44-18-6-31-69(84)70-32-7-19-45-85(70)104/h1-62H. The molecule has 4 heteroatoms. The molecule has 3 spiro atoms. The number of benzene rings is 17. The molecule has 6 aliphatic carbocycles. The Morgan fingerprint density at radius 1 is 0.211 bits per heavy atom. The summed E-state index contributed by atoms with van der Waals surface area (Å²) in [6.07, 6.45) is 0. The molecule has 0 N–H and O–H groups in total. The Bertz CT molecular complexity index is 6930. The van der Waals surface area contributed by atoms with Gasteiger partial charge in [0.15, 0.2) is 0 Å². The monoisotopic (exact) mass is 1380 g/mol. The molecule has 0 bridgehead atoms. The number of para-hydroxylation sites is 2. The van der Waals surface area contributed by atoms with Gasteiger partial charge in [-0.05, 0) is 198 Å². The van der Waals surface area contributed by atoms with E-state index in [4.69, 9.17) is 0 Å². The molecule has 3 heterocycles. The van der Waals surface area contributed by atoms with E-state index in [9.17, 15) is 0 Å². The highest BCUT2D eigenvalue weighted by Crippen LogP contribution is 2.70. The molecule has 8 aliphatic rings. The molecule has 1 aromatic heterocycles. The number of rotatable bonds is 4. The highest BCUT2D eigenvalue weighted by molar-refractivity contribution is 7.00. The van der Waals surface area contributed by atoms with Gasteiger partial charge in [-0.3, -0.25) is 0 Å². The van der Waals surface area contributed by atoms with Gasteiger partial charge in [-0.15, -0.1) is 0 Å². The molecule has 2 aliphatic heterocycles. The molecule has 18 aromatic rings. The molecular formula is C105H62BN3. The molecule has 0 radical (unpaired) electrons. The Hall–Kier alpha value is -13.8. The molecular weight excluding hydrogens is 1310 g/mol. The summed E-state index contributed by atoms with van der Waals surface area (Å²) < 4.78 is 2.59. The quantitative estimate of drug-likeness (QED) is 0.163. The molecule has 26 rings (SSSR count). The van der Waals surface area contributed by atoms with Crippen LogP contribution in [0.2, 0.25) is 0 Å². The van der Waals surface area contributed by atoms with Gasteiger partial charge in [0.1, 0.15) is 0 Å². The molecule has 0 saturated carbocycles. The van der Waals surface area contributed by atoms with E-state index in [1.54, 1.807) is 0 Å². The molecule has 0 saturated heterocycles. The average molecular weight is 1380 g/mol. The predicted octanol–water partition coefficient (Wildman–Crippen LogP) is 23.6. The number of nitrogens with zero attached hydrogens (tertiary/aromatic N) is 3. The van der Waals surface area contributed by atoms with Crippen molar-refractivity contribution >= 4 is 79.0 Å². The van der Waals surface area contributed by atoms with Gasteiger partial charge in [-0.25, -0.2) is 0 Å². The second-order valence-electron chi connectivity index (χ2n) is 31.0. The number of anilines is 6. The normalized spacial score (nSPS) is 15.0. The van der Waals surface area contributed by atoms with Crippen LogP contribution >= 0.6 is 0 Å². The van der Waals surface area contributed by atoms with Crippen molar-refractivity contribution < 1.29 is 0 Å². The maximum atomic E-state index is 2.87. The third-order valence-corrected chi connectivity index (χ3v) is 26.6. The van der Waals surface area contributed by atoms with E-state index in [2.05, 4.69) is 390 Å².